The summed E-state index contributed by atoms with van der Waals surface area (Å²) in [5.74, 6) is -0.722. The molecule has 0 bridgehead atoms. The molecular formula is C17H15FN4O2. The summed E-state index contributed by atoms with van der Waals surface area (Å²) in [6, 6.07) is 5.79. The molecule has 2 heterocycles. The molecule has 0 fully saturated rings. The van der Waals surface area contributed by atoms with Crippen molar-refractivity contribution in [1.29, 1.82) is 0 Å². The number of halogens is 1. The smallest absolute Gasteiger partial charge is 0.277 e. The topological polar surface area (TPSA) is 90.6 Å². The van der Waals surface area contributed by atoms with Crippen molar-refractivity contribution < 1.29 is 9.18 Å². The van der Waals surface area contributed by atoms with Gasteiger partial charge in [-0.2, -0.15) is 5.10 Å². The summed E-state index contributed by atoms with van der Waals surface area (Å²) in [5, 5.41) is 9.59. The van der Waals surface area contributed by atoms with Crippen molar-refractivity contribution >= 4 is 16.8 Å². The molecule has 3 N–H and O–H groups in total. The predicted octanol–water partition coefficient (Wildman–Crippen LogP) is 2.20. The Labute approximate surface area is 136 Å². The van der Waals surface area contributed by atoms with E-state index in [9.17, 15) is 14.0 Å². The second-order valence-corrected chi connectivity index (χ2v) is 5.92. The van der Waals surface area contributed by atoms with E-state index in [2.05, 4.69) is 20.5 Å². The summed E-state index contributed by atoms with van der Waals surface area (Å²) in [4.78, 5) is 27.4. The second-order valence-electron chi connectivity index (χ2n) is 5.92. The van der Waals surface area contributed by atoms with Gasteiger partial charge in [0.15, 0.2) is 0 Å². The second kappa shape index (κ2) is 5.59. The van der Waals surface area contributed by atoms with Crippen LogP contribution in [0.25, 0.3) is 10.9 Å². The highest BCUT2D eigenvalue weighted by atomic mass is 19.1. The van der Waals surface area contributed by atoms with Crippen LogP contribution in [0.3, 0.4) is 0 Å². The maximum absolute atomic E-state index is 13.5. The van der Waals surface area contributed by atoms with Crippen molar-refractivity contribution in [3.05, 3.63) is 63.5 Å². The number of aromatic amines is 2. The Hall–Kier alpha value is -2.96. The van der Waals surface area contributed by atoms with Crippen molar-refractivity contribution in [3.8, 4) is 0 Å². The van der Waals surface area contributed by atoms with Crippen LogP contribution in [-0.4, -0.2) is 21.1 Å². The lowest BCUT2D eigenvalue weighted by Gasteiger charge is -2.23. The van der Waals surface area contributed by atoms with Gasteiger partial charge in [0.2, 0.25) is 0 Å². The molecule has 1 unspecified atom stereocenters. The third kappa shape index (κ3) is 2.38. The molecule has 0 radical (unpaired) electrons. The highest BCUT2D eigenvalue weighted by Gasteiger charge is 2.26. The number of nitrogens with one attached hydrogen (secondary N) is 3. The Morgan fingerprint density at radius 1 is 1.33 bits per heavy atom. The number of nitrogens with zero attached hydrogens (tertiary/aromatic N) is 1. The van der Waals surface area contributed by atoms with Gasteiger partial charge in [0.1, 0.15) is 11.4 Å². The number of carbonyl (C=O) groups is 1. The van der Waals surface area contributed by atoms with Crippen LogP contribution in [0.4, 0.5) is 4.39 Å². The molecule has 0 saturated heterocycles. The molecule has 6 nitrogen and oxygen atoms in total. The van der Waals surface area contributed by atoms with E-state index in [1.165, 1.54) is 24.4 Å². The average molecular weight is 326 g/mol. The lowest BCUT2D eigenvalue weighted by atomic mass is 9.91. The van der Waals surface area contributed by atoms with Gasteiger partial charge in [-0.1, -0.05) is 0 Å². The summed E-state index contributed by atoms with van der Waals surface area (Å²) in [6.07, 6.45) is 3.85. The highest BCUT2D eigenvalue weighted by Crippen LogP contribution is 2.35. The Morgan fingerprint density at radius 3 is 3.04 bits per heavy atom. The zero-order valence-corrected chi connectivity index (χ0v) is 12.7. The summed E-state index contributed by atoms with van der Waals surface area (Å²) in [7, 11) is 0. The number of aryl methyl sites for hydroxylation is 1. The Bertz CT molecular complexity index is 992. The lowest BCUT2D eigenvalue weighted by molar-refractivity contribution is 0.0930. The minimum absolute atomic E-state index is 0.0271. The summed E-state index contributed by atoms with van der Waals surface area (Å²) in [6.45, 7) is 0. The molecule has 0 saturated carbocycles. The van der Waals surface area contributed by atoms with Gasteiger partial charge in [0.25, 0.3) is 11.5 Å². The van der Waals surface area contributed by atoms with Crippen LogP contribution in [0.5, 0.6) is 0 Å². The first-order valence-corrected chi connectivity index (χ1v) is 7.78. The maximum Gasteiger partial charge on any atom is 0.277 e. The Kier molecular flexibility index (Phi) is 3.41. The van der Waals surface area contributed by atoms with Gasteiger partial charge in [-0.25, -0.2) is 9.49 Å². The summed E-state index contributed by atoms with van der Waals surface area (Å²) in [5.41, 5.74) is 2.28. The van der Waals surface area contributed by atoms with Gasteiger partial charge in [-0.05, 0) is 49.1 Å². The zero-order valence-electron chi connectivity index (χ0n) is 12.7. The molecule has 1 aliphatic rings. The number of rotatable bonds is 2. The SMILES string of the molecule is O=C(NC1CCCc2c1[nH]c1ccc(F)cc21)c1ccn[nH]c1=O. The normalized spacial score (nSPS) is 16.8. The fourth-order valence-electron chi connectivity index (χ4n) is 3.34. The lowest BCUT2D eigenvalue weighted by Crippen LogP contribution is -2.34. The number of hydrogen-bond acceptors (Lipinski definition) is 3. The minimum atomic E-state index is -0.523. The standard InChI is InChI=1S/C17H15FN4O2/c18-9-4-5-13-12(8-9)10-2-1-3-14(15(10)20-13)21-16(23)11-6-7-19-22-17(11)24/h4-8,14,20H,1-3H2,(H,21,23)(H,22,24). The van der Waals surface area contributed by atoms with E-state index in [-0.39, 0.29) is 17.4 Å². The van der Waals surface area contributed by atoms with Gasteiger partial charge >= 0.3 is 0 Å². The van der Waals surface area contributed by atoms with Gasteiger partial charge in [0.05, 0.1) is 6.04 Å². The number of benzene rings is 1. The van der Waals surface area contributed by atoms with Crippen molar-refractivity contribution in [2.24, 2.45) is 0 Å². The monoisotopic (exact) mass is 326 g/mol. The number of aromatic nitrogens is 3. The van der Waals surface area contributed by atoms with Crippen LogP contribution in [0.1, 0.15) is 40.5 Å². The van der Waals surface area contributed by atoms with E-state index in [0.717, 1.165) is 41.4 Å². The number of amides is 1. The number of H-pyrrole nitrogens is 2. The van der Waals surface area contributed by atoms with Crippen molar-refractivity contribution in [3.63, 3.8) is 0 Å². The van der Waals surface area contributed by atoms with Gasteiger partial charge < -0.3 is 10.3 Å². The number of fused-ring (bicyclic) bond motifs is 3. The van der Waals surface area contributed by atoms with E-state index >= 15 is 0 Å². The zero-order chi connectivity index (χ0) is 16.7. The highest BCUT2D eigenvalue weighted by molar-refractivity contribution is 5.94. The van der Waals surface area contributed by atoms with E-state index in [0.29, 0.717) is 0 Å². The molecule has 2 aromatic heterocycles. The maximum atomic E-state index is 13.5. The fourth-order valence-corrected chi connectivity index (χ4v) is 3.34. The first-order valence-electron chi connectivity index (χ1n) is 7.78. The molecule has 24 heavy (non-hydrogen) atoms. The quantitative estimate of drug-likeness (QED) is 0.674. The first-order chi connectivity index (χ1) is 11.6. The molecule has 7 heteroatoms. The van der Waals surface area contributed by atoms with E-state index in [1.807, 2.05) is 0 Å². The van der Waals surface area contributed by atoms with Crippen molar-refractivity contribution in [2.75, 3.05) is 0 Å². The number of carbonyl (C=O) groups excluding carboxylic acids is 1. The van der Waals surface area contributed by atoms with Gasteiger partial charge in [-0.3, -0.25) is 9.59 Å². The third-order valence-corrected chi connectivity index (χ3v) is 4.45. The van der Waals surface area contributed by atoms with Crippen LogP contribution in [0.2, 0.25) is 0 Å². The van der Waals surface area contributed by atoms with E-state index in [4.69, 9.17) is 0 Å². The third-order valence-electron chi connectivity index (χ3n) is 4.45. The van der Waals surface area contributed by atoms with Crippen LogP contribution in [0.15, 0.2) is 35.3 Å². The van der Waals surface area contributed by atoms with Crippen molar-refractivity contribution in [2.45, 2.75) is 25.3 Å². The molecular weight excluding hydrogens is 311 g/mol. The molecule has 122 valence electrons. The van der Waals surface area contributed by atoms with E-state index in [1.54, 1.807) is 6.07 Å². The average Bonchev–Trinajstić information content (AvgIpc) is 2.94. The van der Waals surface area contributed by atoms with Crippen LogP contribution >= 0.6 is 0 Å². The molecule has 1 aromatic carbocycles. The molecule has 1 aliphatic carbocycles. The van der Waals surface area contributed by atoms with Crippen molar-refractivity contribution in [1.82, 2.24) is 20.5 Å². The Balaban J connectivity index is 1.70. The largest absolute Gasteiger partial charge is 0.356 e. The fraction of sp³-hybridized carbons (Fsp3) is 0.235. The molecule has 1 atom stereocenters. The summed E-state index contributed by atoms with van der Waals surface area (Å²) < 4.78 is 13.5. The number of hydrogen-bond donors (Lipinski definition) is 3. The molecule has 0 spiro atoms. The first kappa shape index (κ1) is 14.6. The minimum Gasteiger partial charge on any atom is -0.356 e. The van der Waals surface area contributed by atoms with Gasteiger partial charge in [-0.15, -0.1) is 0 Å². The predicted molar refractivity (Wildman–Crippen MR) is 86.3 cm³/mol. The molecule has 1 amide bonds. The molecule has 0 aliphatic heterocycles. The molecule has 4 rings (SSSR count). The Morgan fingerprint density at radius 2 is 2.21 bits per heavy atom. The van der Waals surface area contributed by atoms with Crippen LogP contribution in [-0.2, 0) is 6.42 Å². The van der Waals surface area contributed by atoms with Crippen LogP contribution in [0, 0.1) is 5.82 Å². The molecule has 3 aromatic rings. The van der Waals surface area contributed by atoms with E-state index < -0.39 is 11.5 Å². The summed E-state index contributed by atoms with van der Waals surface area (Å²) >= 11 is 0. The van der Waals surface area contributed by atoms with Crippen LogP contribution < -0.4 is 10.9 Å². The van der Waals surface area contributed by atoms with Gasteiger partial charge in [0, 0.05) is 22.8 Å².